The van der Waals surface area contributed by atoms with Crippen LogP contribution in [-0.4, -0.2) is 42.9 Å². The van der Waals surface area contributed by atoms with Crippen molar-refractivity contribution < 1.29 is 14.6 Å². The first-order chi connectivity index (χ1) is 11.0. The molecule has 2 fully saturated rings. The van der Waals surface area contributed by atoms with E-state index in [2.05, 4.69) is 10.2 Å². The molecule has 1 amide bonds. The minimum absolute atomic E-state index is 0.0378. The quantitative estimate of drug-likeness (QED) is 0.884. The normalized spacial score (nSPS) is 23.1. The molecule has 1 saturated carbocycles. The monoisotopic (exact) mass is 338 g/mol. The summed E-state index contributed by atoms with van der Waals surface area (Å²) < 4.78 is 5.40. The summed E-state index contributed by atoms with van der Waals surface area (Å²) in [6, 6.07) is 5.57. The Bertz CT molecular complexity index is 587. The fourth-order valence-corrected chi connectivity index (χ4v) is 3.68. The standard InChI is InChI=1S/C17H23ClN2O3/c1-23-15-5-4-12(18)10-14(15)20-9-6-13(11-20)19-16(21)17(22)7-2-3-8-17/h4-5,10,13,22H,2-3,6-9,11H2,1H3,(H,19,21). The Kier molecular flexibility index (Phi) is 4.69. The van der Waals surface area contributed by atoms with Gasteiger partial charge in [0, 0.05) is 24.2 Å². The van der Waals surface area contributed by atoms with Crippen LogP contribution in [0.3, 0.4) is 0 Å². The number of methoxy groups -OCH3 is 1. The smallest absolute Gasteiger partial charge is 0.252 e. The zero-order valence-corrected chi connectivity index (χ0v) is 14.1. The Morgan fingerprint density at radius 1 is 1.43 bits per heavy atom. The van der Waals surface area contributed by atoms with Crippen molar-refractivity contribution in [3.05, 3.63) is 23.2 Å². The number of ether oxygens (including phenoxy) is 1. The molecule has 2 N–H and O–H groups in total. The SMILES string of the molecule is COc1ccc(Cl)cc1N1CCC(NC(=O)C2(O)CCCC2)C1. The third kappa shape index (κ3) is 3.40. The molecule has 3 rings (SSSR count). The molecule has 0 spiro atoms. The molecule has 0 bridgehead atoms. The van der Waals surface area contributed by atoms with E-state index in [1.54, 1.807) is 13.2 Å². The number of aliphatic hydroxyl groups is 1. The van der Waals surface area contributed by atoms with Crippen LogP contribution in [0.1, 0.15) is 32.1 Å². The molecule has 23 heavy (non-hydrogen) atoms. The Morgan fingerprint density at radius 2 is 2.17 bits per heavy atom. The molecule has 1 atom stereocenters. The van der Waals surface area contributed by atoms with E-state index in [-0.39, 0.29) is 11.9 Å². The van der Waals surface area contributed by atoms with Crippen LogP contribution < -0.4 is 15.0 Å². The van der Waals surface area contributed by atoms with Crippen LogP contribution in [-0.2, 0) is 4.79 Å². The molecule has 1 aliphatic carbocycles. The number of amides is 1. The number of nitrogens with one attached hydrogen (secondary N) is 1. The van der Waals surface area contributed by atoms with Crippen LogP contribution >= 0.6 is 11.6 Å². The molecule has 1 heterocycles. The Labute approximate surface area is 141 Å². The second-order valence-electron chi connectivity index (χ2n) is 6.46. The van der Waals surface area contributed by atoms with Crippen molar-refractivity contribution in [2.75, 3.05) is 25.1 Å². The number of halogens is 1. The fraction of sp³-hybridized carbons (Fsp3) is 0.588. The van der Waals surface area contributed by atoms with Gasteiger partial charge in [-0.15, -0.1) is 0 Å². The minimum atomic E-state index is -1.17. The van der Waals surface area contributed by atoms with E-state index in [4.69, 9.17) is 16.3 Å². The molecule has 0 radical (unpaired) electrons. The van der Waals surface area contributed by atoms with E-state index >= 15 is 0 Å². The average Bonchev–Trinajstić information content (AvgIpc) is 3.17. The third-order valence-electron chi connectivity index (χ3n) is 4.86. The Hall–Kier alpha value is -1.46. The summed E-state index contributed by atoms with van der Waals surface area (Å²) in [4.78, 5) is 14.5. The first-order valence-electron chi connectivity index (χ1n) is 8.14. The van der Waals surface area contributed by atoms with Crippen LogP contribution in [0.25, 0.3) is 0 Å². The van der Waals surface area contributed by atoms with Crippen LogP contribution in [0.15, 0.2) is 18.2 Å². The second-order valence-corrected chi connectivity index (χ2v) is 6.90. The first-order valence-corrected chi connectivity index (χ1v) is 8.51. The molecule has 1 aromatic carbocycles. The minimum Gasteiger partial charge on any atom is -0.495 e. The van der Waals surface area contributed by atoms with Gasteiger partial charge in [0.05, 0.1) is 12.8 Å². The molecule has 0 aromatic heterocycles. The van der Waals surface area contributed by atoms with E-state index in [1.165, 1.54) is 0 Å². The number of hydrogen-bond donors (Lipinski definition) is 2. The first kappa shape index (κ1) is 16.4. The number of rotatable bonds is 4. The van der Waals surface area contributed by atoms with Crippen molar-refractivity contribution in [3.63, 3.8) is 0 Å². The summed E-state index contributed by atoms with van der Waals surface area (Å²) in [5.41, 5.74) is -0.224. The molecule has 1 saturated heterocycles. The maximum atomic E-state index is 12.3. The van der Waals surface area contributed by atoms with Gasteiger partial charge < -0.3 is 20.1 Å². The van der Waals surface area contributed by atoms with Crippen molar-refractivity contribution in [1.82, 2.24) is 5.32 Å². The van der Waals surface area contributed by atoms with Gasteiger partial charge in [-0.1, -0.05) is 11.6 Å². The second kappa shape index (κ2) is 6.57. The largest absolute Gasteiger partial charge is 0.495 e. The molecule has 2 aliphatic rings. The molecular formula is C17H23ClN2O3. The zero-order valence-electron chi connectivity index (χ0n) is 13.3. The predicted molar refractivity (Wildman–Crippen MR) is 90.2 cm³/mol. The lowest BCUT2D eigenvalue weighted by Crippen LogP contribution is -2.49. The van der Waals surface area contributed by atoms with E-state index < -0.39 is 5.60 Å². The summed E-state index contributed by atoms with van der Waals surface area (Å²) in [7, 11) is 1.64. The molecule has 5 nitrogen and oxygen atoms in total. The lowest BCUT2D eigenvalue weighted by atomic mass is 10.0. The maximum absolute atomic E-state index is 12.3. The van der Waals surface area contributed by atoms with Crippen molar-refractivity contribution >= 4 is 23.2 Å². The van der Waals surface area contributed by atoms with Gasteiger partial charge in [-0.2, -0.15) is 0 Å². The zero-order chi connectivity index (χ0) is 16.4. The van der Waals surface area contributed by atoms with Gasteiger partial charge in [0.25, 0.3) is 5.91 Å². The van der Waals surface area contributed by atoms with E-state index in [0.717, 1.165) is 37.2 Å². The summed E-state index contributed by atoms with van der Waals surface area (Å²) in [6.07, 6.45) is 3.81. The van der Waals surface area contributed by atoms with Gasteiger partial charge >= 0.3 is 0 Å². The van der Waals surface area contributed by atoms with Gasteiger partial charge in [-0.25, -0.2) is 0 Å². The topological polar surface area (TPSA) is 61.8 Å². The third-order valence-corrected chi connectivity index (χ3v) is 5.09. The van der Waals surface area contributed by atoms with Crippen LogP contribution in [0.4, 0.5) is 5.69 Å². The van der Waals surface area contributed by atoms with Crippen LogP contribution in [0.2, 0.25) is 5.02 Å². The summed E-state index contributed by atoms with van der Waals surface area (Å²) >= 11 is 6.09. The fourth-order valence-electron chi connectivity index (χ4n) is 3.51. The van der Waals surface area contributed by atoms with Gasteiger partial charge in [-0.05, 0) is 50.3 Å². The van der Waals surface area contributed by atoms with Crippen molar-refractivity contribution in [2.45, 2.75) is 43.7 Å². The van der Waals surface area contributed by atoms with E-state index in [9.17, 15) is 9.90 Å². The molecule has 1 aliphatic heterocycles. The highest BCUT2D eigenvalue weighted by atomic mass is 35.5. The van der Waals surface area contributed by atoms with Gasteiger partial charge in [0.2, 0.25) is 0 Å². The molecule has 1 aromatic rings. The van der Waals surface area contributed by atoms with E-state index in [1.807, 2.05) is 12.1 Å². The number of hydrogen-bond acceptors (Lipinski definition) is 4. The lowest BCUT2D eigenvalue weighted by Gasteiger charge is -2.25. The highest BCUT2D eigenvalue weighted by molar-refractivity contribution is 6.30. The van der Waals surface area contributed by atoms with Gasteiger partial charge in [0.15, 0.2) is 0 Å². The number of carbonyl (C=O) groups excluding carboxylic acids is 1. The average molecular weight is 339 g/mol. The van der Waals surface area contributed by atoms with Crippen LogP contribution in [0.5, 0.6) is 5.75 Å². The maximum Gasteiger partial charge on any atom is 0.252 e. The highest BCUT2D eigenvalue weighted by Gasteiger charge is 2.40. The summed E-state index contributed by atoms with van der Waals surface area (Å²) in [5, 5.41) is 14.0. The van der Waals surface area contributed by atoms with Crippen LogP contribution in [0, 0.1) is 0 Å². The summed E-state index contributed by atoms with van der Waals surface area (Å²) in [6.45, 7) is 1.51. The Morgan fingerprint density at radius 3 is 2.87 bits per heavy atom. The van der Waals surface area contributed by atoms with Gasteiger partial charge in [-0.3, -0.25) is 4.79 Å². The lowest BCUT2D eigenvalue weighted by molar-refractivity contribution is -0.139. The Balaban J connectivity index is 1.65. The number of benzene rings is 1. The molecular weight excluding hydrogens is 316 g/mol. The number of nitrogens with zero attached hydrogens (tertiary/aromatic N) is 1. The molecule has 6 heteroatoms. The van der Waals surface area contributed by atoms with E-state index in [0.29, 0.717) is 24.4 Å². The number of anilines is 1. The molecule has 1 unspecified atom stereocenters. The van der Waals surface area contributed by atoms with Crippen molar-refractivity contribution in [3.8, 4) is 5.75 Å². The summed E-state index contributed by atoms with van der Waals surface area (Å²) in [5.74, 6) is 0.552. The van der Waals surface area contributed by atoms with Crippen molar-refractivity contribution in [2.24, 2.45) is 0 Å². The molecule has 126 valence electrons. The van der Waals surface area contributed by atoms with Crippen molar-refractivity contribution in [1.29, 1.82) is 0 Å². The highest BCUT2D eigenvalue weighted by Crippen LogP contribution is 2.34. The number of carbonyl (C=O) groups is 1. The predicted octanol–water partition coefficient (Wildman–Crippen LogP) is 2.35. The van der Waals surface area contributed by atoms with Gasteiger partial charge in [0.1, 0.15) is 11.4 Å².